The Morgan fingerprint density at radius 2 is 2.07 bits per heavy atom. The van der Waals surface area contributed by atoms with Crippen LogP contribution in [-0.4, -0.2) is 49.4 Å². The first-order chi connectivity index (χ1) is 13.8. The summed E-state index contributed by atoms with van der Waals surface area (Å²) < 4.78 is 61.7. The van der Waals surface area contributed by atoms with Crippen molar-refractivity contribution >= 4 is 0 Å². The van der Waals surface area contributed by atoms with E-state index >= 15 is 0 Å². The van der Waals surface area contributed by atoms with Gasteiger partial charge in [0, 0.05) is 39.0 Å². The highest BCUT2D eigenvalue weighted by Gasteiger charge is 2.36. The Morgan fingerprint density at radius 1 is 1.28 bits per heavy atom. The van der Waals surface area contributed by atoms with Crippen molar-refractivity contribution in [2.24, 2.45) is 0 Å². The summed E-state index contributed by atoms with van der Waals surface area (Å²) in [5, 5.41) is 0. The summed E-state index contributed by atoms with van der Waals surface area (Å²) in [5.74, 6) is -0.121. The molecule has 0 bridgehead atoms. The highest BCUT2D eigenvalue weighted by molar-refractivity contribution is 5.69. The minimum atomic E-state index is -4.55. The van der Waals surface area contributed by atoms with Gasteiger partial charge in [-0.05, 0) is 18.2 Å². The Hall–Kier alpha value is -2.43. The predicted octanol–water partition coefficient (Wildman–Crippen LogP) is 2.72. The van der Waals surface area contributed by atoms with Crippen molar-refractivity contribution < 1.29 is 32.1 Å². The summed E-state index contributed by atoms with van der Waals surface area (Å²) in [6.07, 6.45) is -1.27. The first kappa shape index (κ1) is 21.3. The van der Waals surface area contributed by atoms with Crippen LogP contribution in [0, 0.1) is 0 Å². The number of rotatable bonds is 7. The number of nitrogens with zero attached hydrogens (tertiary/aromatic N) is 2. The average Bonchev–Trinajstić information content (AvgIpc) is 3.16. The van der Waals surface area contributed by atoms with E-state index in [1.165, 1.54) is 30.3 Å². The van der Waals surface area contributed by atoms with Crippen LogP contribution in [0.2, 0.25) is 0 Å². The van der Waals surface area contributed by atoms with Gasteiger partial charge in [-0.1, -0.05) is 0 Å². The standard InChI is InChI=1S/C19H21F3N2O5/c1-26-12-29-16-7-13(19(20,21)22)3-4-14(16)15-8-23-11-24(17(15)25)9-18(27-2)5-6-28-10-18/h3-4,7-8,11H,5-6,9-10,12H2,1-2H3. The molecule has 0 radical (unpaired) electrons. The fourth-order valence-corrected chi connectivity index (χ4v) is 3.16. The van der Waals surface area contributed by atoms with Crippen molar-refractivity contribution in [1.82, 2.24) is 9.55 Å². The molecular formula is C19H21F3N2O5. The fraction of sp³-hybridized carbons (Fsp3) is 0.474. The average molecular weight is 414 g/mol. The normalized spacial score (nSPS) is 19.5. The molecule has 1 aromatic heterocycles. The van der Waals surface area contributed by atoms with E-state index in [0.29, 0.717) is 19.6 Å². The van der Waals surface area contributed by atoms with Crippen LogP contribution in [-0.2, 0) is 26.9 Å². The number of benzene rings is 1. The number of methoxy groups -OCH3 is 2. The lowest BCUT2D eigenvalue weighted by Gasteiger charge is -2.26. The van der Waals surface area contributed by atoms with Gasteiger partial charge in [-0.15, -0.1) is 0 Å². The Balaban J connectivity index is 2.03. The quantitative estimate of drug-likeness (QED) is 0.649. The highest BCUT2D eigenvalue weighted by Crippen LogP contribution is 2.36. The molecule has 1 aromatic carbocycles. The van der Waals surface area contributed by atoms with Crippen molar-refractivity contribution in [3.8, 4) is 16.9 Å². The fourth-order valence-electron chi connectivity index (χ4n) is 3.16. The molecule has 1 fully saturated rings. The monoisotopic (exact) mass is 414 g/mol. The van der Waals surface area contributed by atoms with Gasteiger partial charge in [0.15, 0.2) is 6.79 Å². The Morgan fingerprint density at radius 3 is 2.69 bits per heavy atom. The lowest BCUT2D eigenvalue weighted by Crippen LogP contribution is -2.40. The third-order valence-electron chi connectivity index (χ3n) is 4.79. The lowest BCUT2D eigenvalue weighted by molar-refractivity contribution is -0.137. The number of hydrogen-bond donors (Lipinski definition) is 0. The van der Waals surface area contributed by atoms with Crippen LogP contribution >= 0.6 is 0 Å². The summed E-state index contributed by atoms with van der Waals surface area (Å²) in [6, 6.07) is 2.93. The molecule has 1 atom stereocenters. The van der Waals surface area contributed by atoms with Crippen molar-refractivity contribution in [2.45, 2.75) is 24.7 Å². The molecule has 1 unspecified atom stereocenters. The van der Waals surface area contributed by atoms with Gasteiger partial charge >= 0.3 is 6.18 Å². The van der Waals surface area contributed by atoms with E-state index in [-0.39, 0.29) is 30.2 Å². The maximum Gasteiger partial charge on any atom is 0.416 e. The van der Waals surface area contributed by atoms with Crippen molar-refractivity contribution in [2.75, 3.05) is 34.2 Å². The highest BCUT2D eigenvalue weighted by atomic mass is 19.4. The van der Waals surface area contributed by atoms with Crippen LogP contribution < -0.4 is 10.3 Å². The number of alkyl halides is 3. The van der Waals surface area contributed by atoms with Gasteiger partial charge in [0.25, 0.3) is 5.56 Å². The van der Waals surface area contributed by atoms with E-state index in [9.17, 15) is 18.0 Å². The summed E-state index contributed by atoms with van der Waals surface area (Å²) in [5.41, 5.74) is -1.67. The zero-order chi connectivity index (χ0) is 21.1. The zero-order valence-electron chi connectivity index (χ0n) is 16.0. The molecule has 10 heteroatoms. The molecule has 7 nitrogen and oxygen atoms in total. The molecule has 3 rings (SSSR count). The van der Waals surface area contributed by atoms with E-state index in [4.69, 9.17) is 18.9 Å². The molecule has 1 aliphatic rings. The number of hydrogen-bond acceptors (Lipinski definition) is 6. The molecule has 158 valence electrons. The Labute approximate surface area is 165 Å². The van der Waals surface area contributed by atoms with Crippen LogP contribution in [0.3, 0.4) is 0 Å². The summed E-state index contributed by atoms with van der Waals surface area (Å²) >= 11 is 0. The van der Waals surface area contributed by atoms with Gasteiger partial charge < -0.3 is 18.9 Å². The number of ether oxygens (including phenoxy) is 4. The molecule has 29 heavy (non-hydrogen) atoms. The van der Waals surface area contributed by atoms with Crippen LogP contribution in [0.1, 0.15) is 12.0 Å². The van der Waals surface area contributed by atoms with Gasteiger partial charge in [0.2, 0.25) is 0 Å². The molecule has 2 heterocycles. The molecule has 0 saturated carbocycles. The molecule has 2 aromatic rings. The second kappa shape index (κ2) is 8.52. The Kier molecular flexibility index (Phi) is 6.25. The van der Waals surface area contributed by atoms with E-state index in [2.05, 4.69) is 4.98 Å². The molecule has 0 amide bonds. The lowest BCUT2D eigenvalue weighted by atomic mass is 10.0. The maximum absolute atomic E-state index is 13.1. The third-order valence-corrected chi connectivity index (χ3v) is 4.79. The van der Waals surface area contributed by atoms with Crippen LogP contribution in [0.25, 0.3) is 11.1 Å². The topological polar surface area (TPSA) is 71.8 Å². The molecule has 0 spiro atoms. The van der Waals surface area contributed by atoms with E-state index < -0.39 is 22.9 Å². The van der Waals surface area contributed by atoms with Gasteiger partial charge in [-0.25, -0.2) is 4.98 Å². The largest absolute Gasteiger partial charge is 0.467 e. The molecule has 0 aliphatic carbocycles. The van der Waals surface area contributed by atoms with Gasteiger partial charge in [0.1, 0.15) is 11.4 Å². The first-order valence-electron chi connectivity index (χ1n) is 8.80. The van der Waals surface area contributed by atoms with Crippen LogP contribution in [0.15, 0.2) is 35.5 Å². The minimum Gasteiger partial charge on any atom is -0.467 e. The van der Waals surface area contributed by atoms with Crippen LogP contribution in [0.4, 0.5) is 13.2 Å². The second-order valence-corrected chi connectivity index (χ2v) is 6.69. The summed E-state index contributed by atoms with van der Waals surface area (Å²) in [4.78, 5) is 17.1. The number of halogens is 3. The van der Waals surface area contributed by atoms with Gasteiger partial charge in [-0.3, -0.25) is 9.36 Å². The zero-order valence-corrected chi connectivity index (χ0v) is 16.0. The molecular weight excluding hydrogens is 393 g/mol. The first-order valence-corrected chi connectivity index (χ1v) is 8.80. The van der Waals surface area contributed by atoms with E-state index in [1.54, 1.807) is 7.11 Å². The Bertz CT molecular complexity index is 907. The smallest absolute Gasteiger partial charge is 0.416 e. The third kappa shape index (κ3) is 4.60. The van der Waals surface area contributed by atoms with E-state index in [1.807, 2.05) is 0 Å². The van der Waals surface area contributed by atoms with E-state index in [0.717, 1.165) is 12.1 Å². The molecule has 1 aliphatic heterocycles. The molecule has 0 N–H and O–H groups in total. The summed E-state index contributed by atoms with van der Waals surface area (Å²) in [6.45, 7) is 0.789. The van der Waals surface area contributed by atoms with Crippen molar-refractivity contribution in [3.63, 3.8) is 0 Å². The minimum absolute atomic E-state index is 0.109. The van der Waals surface area contributed by atoms with Crippen LogP contribution in [0.5, 0.6) is 5.75 Å². The van der Waals surface area contributed by atoms with Crippen molar-refractivity contribution in [3.05, 3.63) is 46.6 Å². The second-order valence-electron chi connectivity index (χ2n) is 6.69. The SMILES string of the molecule is COCOc1cc(C(F)(F)F)ccc1-c1cncn(CC2(OC)CCOC2)c1=O. The number of aromatic nitrogens is 2. The predicted molar refractivity (Wildman–Crippen MR) is 96.6 cm³/mol. The van der Waals surface area contributed by atoms with Gasteiger partial charge in [-0.2, -0.15) is 13.2 Å². The van der Waals surface area contributed by atoms with Gasteiger partial charge in [0.05, 0.1) is 30.6 Å². The molecule has 1 saturated heterocycles. The van der Waals surface area contributed by atoms with Crippen molar-refractivity contribution in [1.29, 1.82) is 0 Å². The summed E-state index contributed by atoms with van der Waals surface area (Å²) in [7, 11) is 2.89. The maximum atomic E-state index is 13.1.